The lowest BCUT2D eigenvalue weighted by Crippen LogP contribution is -2.24. The van der Waals surface area contributed by atoms with E-state index in [-0.39, 0.29) is 5.92 Å². The molecule has 2 unspecified atom stereocenters. The van der Waals surface area contributed by atoms with Gasteiger partial charge in [-0.05, 0) is 30.5 Å². The van der Waals surface area contributed by atoms with Gasteiger partial charge in [0, 0.05) is 23.4 Å². The molecular formula is C15H19BrO4. The maximum Gasteiger partial charge on any atom is 0.162 e. The number of hydrogen-bond acceptors (Lipinski definition) is 4. The van der Waals surface area contributed by atoms with Crippen molar-refractivity contribution in [1.82, 2.24) is 0 Å². The van der Waals surface area contributed by atoms with E-state index in [4.69, 9.17) is 14.2 Å². The van der Waals surface area contributed by atoms with Crippen molar-refractivity contribution in [1.29, 1.82) is 0 Å². The standard InChI is InChI=1S/C15H19BrO4/c16-12-8-14-13(19-5-2-6-20-14)7-11(12)15(17)10-3-1-4-18-9-10/h7-8,10,15,17H,1-6,9H2. The zero-order valence-corrected chi connectivity index (χ0v) is 12.9. The van der Waals surface area contributed by atoms with Gasteiger partial charge in [-0.1, -0.05) is 15.9 Å². The third kappa shape index (κ3) is 2.95. The van der Waals surface area contributed by atoms with Gasteiger partial charge < -0.3 is 19.3 Å². The molecule has 0 spiro atoms. The van der Waals surface area contributed by atoms with Gasteiger partial charge in [-0.2, -0.15) is 0 Å². The summed E-state index contributed by atoms with van der Waals surface area (Å²) in [7, 11) is 0. The predicted molar refractivity (Wildman–Crippen MR) is 78.3 cm³/mol. The molecule has 1 fully saturated rings. The number of hydrogen-bond donors (Lipinski definition) is 1. The summed E-state index contributed by atoms with van der Waals surface area (Å²) in [5, 5.41) is 10.6. The van der Waals surface area contributed by atoms with Crippen LogP contribution in [0.15, 0.2) is 16.6 Å². The fraction of sp³-hybridized carbons (Fsp3) is 0.600. The van der Waals surface area contributed by atoms with Crippen molar-refractivity contribution in [2.24, 2.45) is 5.92 Å². The summed E-state index contributed by atoms with van der Waals surface area (Å²) in [5.41, 5.74) is 0.852. The average Bonchev–Trinajstić information content (AvgIpc) is 2.71. The Kier molecular flexibility index (Phi) is 4.48. The Morgan fingerprint density at radius 1 is 1.10 bits per heavy atom. The normalized spacial score (nSPS) is 24.0. The van der Waals surface area contributed by atoms with Crippen molar-refractivity contribution in [3.63, 3.8) is 0 Å². The Morgan fingerprint density at radius 2 is 1.85 bits per heavy atom. The van der Waals surface area contributed by atoms with Crippen LogP contribution in [0.3, 0.4) is 0 Å². The van der Waals surface area contributed by atoms with Crippen LogP contribution in [0.5, 0.6) is 11.5 Å². The lowest BCUT2D eigenvalue weighted by atomic mass is 9.91. The Bertz CT molecular complexity index is 471. The second-order valence-corrected chi connectivity index (χ2v) is 6.15. The maximum absolute atomic E-state index is 10.6. The fourth-order valence-corrected chi connectivity index (χ4v) is 3.25. The highest BCUT2D eigenvalue weighted by atomic mass is 79.9. The molecule has 2 heterocycles. The minimum Gasteiger partial charge on any atom is -0.490 e. The quantitative estimate of drug-likeness (QED) is 0.897. The summed E-state index contributed by atoms with van der Waals surface area (Å²) >= 11 is 3.53. The molecule has 0 saturated carbocycles. The molecule has 0 aromatic heterocycles. The van der Waals surface area contributed by atoms with Gasteiger partial charge in [0.2, 0.25) is 0 Å². The first-order valence-corrected chi connectivity index (χ1v) is 7.90. The molecule has 2 aliphatic heterocycles. The molecule has 5 heteroatoms. The van der Waals surface area contributed by atoms with Crippen LogP contribution in [-0.2, 0) is 4.74 Å². The van der Waals surface area contributed by atoms with Gasteiger partial charge in [-0.25, -0.2) is 0 Å². The number of fused-ring (bicyclic) bond motifs is 1. The number of aliphatic hydroxyl groups is 1. The highest BCUT2D eigenvalue weighted by Crippen LogP contribution is 2.40. The predicted octanol–water partition coefficient (Wildman–Crippen LogP) is 3.07. The van der Waals surface area contributed by atoms with E-state index in [9.17, 15) is 5.11 Å². The second-order valence-electron chi connectivity index (χ2n) is 5.29. The van der Waals surface area contributed by atoms with E-state index >= 15 is 0 Å². The molecular weight excluding hydrogens is 324 g/mol. The van der Waals surface area contributed by atoms with Crippen LogP contribution in [0, 0.1) is 5.92 Å². The largest absolute Gasteiger partial charge is 0.490 e. The van der Waals surface area contributed by atoms with Crippen LogP contribution in [0.1, 0.15) is 30.9 Å². The zero-order chi connectivity index (χ0) is 13.9. The van der Waals surface area contributed by atoms with Crippen molar-refractivity contribution < 1.29 is 19.3 Å². The second kappa shape index (κ2) is 6.33. The number of ether oxygens (including phenoxy) is 3. The van der Waals surface area contributed by atoms with Crippen LogP contribution >= 0.6 is 15.9 Å². The molecule has 0 radical (unpaired) electrons. The summed E-state index contributed by atoms with van der Waals surface area (Å²) < 4.78 is 17.7. The first-order chi connectivity index (χ1) is 9.75. The van der Waals surface area contributed by atoms with Crippen LogP contribution in [0.4, 0.5) is 0 Å². The van der Waals surface area contributed by atoms with Crippen molar-refractivity contribution in [3.8, 4) is 11.5 Å². The summed E-state index contributed by atoms with van der Waals surface area (Å²) in [6.07, 6.45) is 2.33. The van der Waals surface area contributed by atoms with Crippen LogP contribution in [-0.4, -0.2) is 31.5 Å². The number of rotatable bonds is 2. The molecule has 20 heavy (non-hydrogen) atoms. The third-order valence-electron chi connectivity index (χ3n) is 3.83. The maximum atomic E-state index is 10.6. The highest BCUT2D eigenvalue weighted by Gasteiger charge is 2.27. The average molecular weight is 343 g/mol. The Balaban J connectivity index is 1.86. The summed E-state index contributed by atoms with van der Waals surface area (Å²) in [5.74, 6) is 1.60. The first-order valence-electron chi connectivity index (χ1n) is 7.10. The molecule has 3 rings (SSSR count). The van der Waals surface area contributed by atoms with Crippen LogP contribution in [0.2, 0.25) is 0 Å². The Hall–Kier alpha value is -0.780. The van der Waals surface area contributed by atoms with Gasteiger partial charge in [0.1, 0.15) is 0 Å². The van der Waals surface area contributed by atoms with Gasteiger partial charge in [0.05, 0.1) is 25.9 Å². The minimum absolute atomic E-state index is 0.143. The van der Waals surface area contributed by atoms with Crippen molar-refractivity contribution in [2.45, 2.75) is 25.4 Å². The number of halogens is 1. The molecule has 2 atom stereocenters. The molecule has 0 bridgehead atoms. The Morgan fingerprint density at radius 3 is 2.55 bits per heavy atom. The summed E-state index contributed by atoms with van der Waals surface area (Å²) in [4.78, 5) is 0. The van der Waals surface area contributed by atoms with Crippen LogP contribution in [0.25, 0.3) is 0 Å². The van der Waals surface area contributed by atoms with Crippen LogP contribution < -0.4 is 9.47 Å². The van der Waals surface area contributed by atoms with E-state index < -0.39 is 6.10 Å². The summed E-state index contributed by atoms with van der Waals surface area (Å²) in [6, 6.07) is 3.78. The molecule has 1 aromatic rings. The highest BCUT2D eigenvalue weighted by molar-refractivity contribution is 9.10. The van der Waals surface area contributed by atoms with Gasteiger partial charge >= 0.3 is 0 Å². The lowest BCUT2D eigenvalue weighted by Gasteiger charge is -2.28. The summed E-state index contributed by atoms with van der Waals surface area (Å²) in [6.45, 7) is 2.72. The van der Waals surface area contributed by atoms with Crippen molar-refractivity contribution >= 4 is 15.9 Å². The molecule has 1 aromatic carbocycles. The first kappa shape index (κ1) is 14.2. The minimum atomic E-state index is -0.540. The molecule has 110 valence electrons. The van der Waals surface area contributed by atoms with Gasteiger partial charge in [0.25, 0.3) is 0 Å². The molecule has 0 amide bonds. The van der Waals surface area contributed by atoms with E-state index in [1.165, 1.54) is 0 Å². The third-order valence-corrected chi connectivity index (χ3v) is 4.51. The van der Waals surface area contributed by atoms with Gasteiger partial charge in [-0.3, -0.25) is 0 Å². The van der Waals surface area contributed by atoms with Gasteiger partial charge in [0.15, 0.2) is 11.5 Å². The smallest absolute Gasteiger partial charge is 0.162 e. The topological polar surface area (TPSA) is 47.9 Å². The van der Waals surface area contributed by atoms with E-state index in [1.54, 1.807) is 0 Å². The Labute approximate surface area is 127 Å². The lowest BCUT2D eigenvalue weighted by molar-refractivity contribution is -0.0103. The monoisotopic (exact) mass is 342 g/mol. The van der Waals surface area contributed by atoms with E-state index in [2.05, 4.69) is 15.9 Å². The molecule has 4 nitrogen and oxygen atoms in total. The van der Waals surface area contributed by atoms with Crippen molar-refractivity contribution in [2.75, 3.05) is 26.4 Å². The number of benzene rings is 1. The fourth-order valence-electron chi connectivity index (χ4n) is 2.69. The molecule has 1 N–H and O–H groups in total. The number of aliphatic hydroxyl groups excluding tert-OH is 1. The zero-order valence-electron chi connectivity index (χ0n) is 11.3. The molecule has 1 saturated heterocycles. The SMILES string of the molecule is OC(c1cc2c(cc1Br)OCCCO2)C1CCCOC1. The van der Waals surface area contributed by atoms with E-state index in [0.717, 1.165) is 47.4 Å². The van der Waals surface area contributed by atoms with E-state index in [1.807, 2.05) is 12.1 Å². The van der Waals surface area contributed by atoms with Crippen molar-refractivity contribution in [3.05, 3.63) is 22.2 Å². The van der Waals surface area contributed by atoms with Gasteiger partial charge in [-0.15, -0.1) is 0 Å². The molecule has 0 aliphatic carbocycles. The molecule has 2 aliphatic rings. The van der Waals surface area contributed by atoms with E-state index in [0.29, 0.717) is 19.8 Å².